The third-order valence-corrected chi connectivity index (χ3v) is 4.50. The molecule has 2 heterocycles. The summed E-state index contributed by atoms with van der Waals surface area (Å²) in [5, 5.41) is 17.9. The predicted molar refractivity (Wildman–Crippen MR) is 72.7 cm³/mol. The number of rotatable bonds is 5. The van der Waals surface area contributed by atoms with Gasteiger partial charge in [0.2, 0.25) is 0 Å². The molecule has 106 valence electrons. The maximum atomic E-state index is 9.18. The van der Waals surface area contributed by atoms with Crippen molar-refractivity contribution in [3.8, 4) is 0 Å². The summed E-state index contributed by atoms with van der Waals surface area (Å²) in [6.07, 6.45) is 7.16. The van der Waals surface area contributed by atoms with Gasteiger partial charge in [0.25, 0.3) is 0 Å². The molecule has 1 aromatic heterocycles. The fourth-order valence-corrected chi connectivity index (χ4v) is 3.14. The zero-order chi connectivity index (χ0) is 13.2. The molecule has 0 spiro atoms. The summed E-state index contributed by atoms with van der Waals surface area (Å²) in [6.45, 7) is 2.28. The number of piperidine rings is 1. The number of hydrogen-bond acceptors (Lipinski definition) is 4. The Balaban J connectivity index is 1.68. The minimum absolute atomic E-state index is 0.285. The number of aliphatic hydroxyl groups excluding tert-OH is 1. The number of likely N-dealkylation sites (tertiary alicyclic amines) is 1. The predicted octanol–water partition coefficient (Wildman–Crippen LogP) is 1.43. The van der Waals surface area contributed by atoms with Crippen molar-refractivity contribution in [2.24, 2.45) is 7.05 Å². The minimum Gasteiger partial charge on any atom is -0.396 e. The Morgan fingerprint density at radius 3 is 2.79 bits per heavy atom. The van der Waals surface area contributed by atoms with Gasteiger partial charge >= 0.3 is 0 Å². The van der Waals surface area contributed by atoms with Crippen molar-refractivity contribution in [3.63, 3.8) is 0 Å². The van der Waals surface area contributed by atoms with Crippen molar-refractivity contribution in [3.05, 3.63) is 11.6 Å². The second-order valence-corrected chi connectivity index (χ2v) is 5.94. The van der Waals surface area contributed by atoms with Gasteiger partial charge in [-0.1, -0.05) is 6.42 Å². The van der Waals surface area contributed by atoms with Crippen LogP contribution in [0.2, 0.25) is 0 Å². The molecule has 0 amide bonds. The van der Waals surface area contributed by atoms with E-state index in [-0.39, 0.29) is 6.61 Å². The zero-order valence-corrected chi connectivity index (χ0v) is 11.8. The molecule has 0 radical (unpaired) electrons. The first-order chi connectivity index (χ1) is 9.29. The third kappa shape index (κ3) is 2.82. The third-order valence-electron chi connectivity index (χ3n) is 4.50. The standard InChI is InChI=1S/C14H24N4O/c1-17-13(15-16-14(17)11-5-6-11)10-18-8-3-2-4-12(18)7-9-19/h11-12,19H,2-10H2,1H3. The van der Waals surface area contributed by atoms with Gasteiger partial charge in [-0.25, -0.2) is 0 Å². The highest BCUT2D eigenvalue weighted by Crippen LogP contribution is 2.38. The molecule has 1 aliphatic carbocycles. The van der Waals surface area contributed by atoms with Crippen LogP contribution in [0.15, 0.2) is 0 Å². The summed E-state index contributed by atoms with van der Waals surface area (Å²) in [6, 6.07) is 0.514. The number of hydrogen-bond donors (Lipinski definition) is 1. The molecule has 2 fully saturated rings. The topological polar surface area (TPSA) is 54.2 Å². The van der Waals surface area contributed by atoms with Crippen LogP contribution in [0.4, 0.5) is 0 Å². The molecule has 1 aliphatic heterocycles. The molecule has 5 heteroatoms. The highest BCUT2D eigenvalue weighted by atomic mass is 16.3. The lowest BCUT2D eigenvalue weighted by atomic mass is 10.00. The van der Waals surface area contributed by atoms with Gasteiger partial charge in [0.1, 0.15) is 11.6 Å². The Hall–Kier alpha value is -0.940. The Labute approximate surface area is 114 Å². The number of aliphatic hydroxyl groups is 1. The van der Waals surface area contributed by atoms with Crippen molar-refractivity contribution >= 4 is 0 Å². The van der Waals surface area contributed by atoms with Gasteiger partial charge in [0.15, 0.2) is 0 Å². The van der Waals surface area contributed by atoms with Crippen LogP contribution in [0.25, 0.3) is 0 Å². The van der Waals surface area contributed by atoms with E-state index in [9.17, 15) is 5.11 Å². The van der Waals surface area contributed by atoms with E-state index in [1.54, 1.807) is 0 Å². The molecular formula is C14H24N4O. The summed E-state index contributed by atoms with van der Waals surface area (Å²) >= 11 is 0. The largest absolute Gasteiger partial charge is 0.396 e. The lowest BCUT2D eigenvalue weighted by Crippen LogP contribution is -2.40. The van der Waals surface area contributed by atoms with Crippen molar-refractivity contribution < 1.29 is 5.11 Å². The van der Waals surface area contributed by atoms with E-state index in [4.69, 9.17) is 0 Å². The number of nitrogens with zero attached hydrogens (tertiary/aromatic N) is 4. The van der Waals surface area contributed by atoms with Crippen LogP contribution in [0, 0.1) is 0 Å². The average Bonchev–Trinajstić information content (AvgIpc) is 3.19. The smallest absolute Gasteiger partial charge is 0.146 e. The van der Waals surface area contributed by atoms with E-state index in [1.165, 1.54) is 32.1 Å². The lowest BCUT2D eigenvalue weighted by molar-refractivity contribution is 0.109. The van der Waals surface area contributed by atoms with Crippen molar-refractivity contribution in [2.45, 2.75) is 57.0 Å². The molecule has 3 rings (SSSR count). The summed E-state index contributed by atoms with van der Waals surface area (Å²) in [5.74, 6) is 2.89. The Bertz CT molecular complexity index is 425. The van der Waals surface area contributed by atoms with Crippen molar-refractivity contribution in [2.75, 3.05) is 13.2 Å². The summed E-state index contributed by atoms with van der Waals surface area (Å²) in [7, 11) is 2.09. The lowest BCUT2D eigenvalue weighted by Gasteiger charge is -2.35. The first kappa shape index (κ1) is 13.1. The average molecular weight is 264 g/mol. The van der Waals surface area contributed by atoms with E-state index in [0.717, 1.165) is 31.2 Å². The normalized spacial score (nSPS) is 24.8. The summed E-state index contributed by atoms with van der Waals surface area (Å²) in [4.78, 5) is 2.47. The number of aromatic nitrogens is 3. The van der Waals surface area contributed by atoms with Crippen LogP contribution in [-0.2, 0) is 13.6 Å². The molecule has 0 bridgehead atoms. The molecule has 0 aromatic carbocycles. The van der Waals surface area contributed by atoms with Gasteiger partial charge in [-0.05, 0) is 38.6 Å². The molecule has 1 unspecified atom stereocenters. The van der Waals surface area contributed by atoms with E-state index in [0.29, 0.717) is 12.0 Å². The van der Waals surface area contributed by atoms with Crippen molar-refractivity contribution in [1.82, 2.24) is 19.7 Å². The Morgan fingerprint density at radius 1 is 1.21 bits per heavy atom. The highest BCUT2D eigenvalue weighted by Gasteiger charge is 2.30. The van der Waals surface area contributed by atoms with E-state index >= 15 is 0 Å². The van der Waals surface area contributed by atoms with Gasteiger partial charge in [-0.15, -0.1) is 10.2 Å². The van der Waals surface area contributed by atoms with Crippen LogP contribution < -0.4 is 0 Å². The molecule has 1 saturated heterocycles. The zero-order valence-electron chi connectivity index (χ0n) is 11.8. The molecule has 1 saturated carbocycles. The van der Waals surface area contributed by atoms with Gasteiger partial charge in [0, 0.05) is 25.6 Å². The maximum Gasteiger partial charge on any atom is 0.146 e. The van der Waals surface area contributed by atoms with Crippen molar-refractivity contribution in [1.29, 1.82) is 0 Å². The van der Waals surface area contributed by atoms with Crippen LogP contribution in [-0.4, -0.2) is 44.0 Å². The van der Waals surface area contributed by atoms with E-state index in [2.05, 4.69) is 26.7 Å². The molecule has 1 aromatic rings. The van der Waals surface area contributed by atoms with Gasteiger partial charge < -0.3 is 9.67 Å². The van der Waals surface area contributed by atoms with Gasteiger partial charge in [-0.2, -0.15) is 0 Å². The molecule has 5 nitrogen and oxygen atoms in total. The first-order valence-corrected chi connectivity index (χ1v) is 7.52. The van der Waals surface area contributed by atoms with Gasteiger partial charge in [0.05, 0.1) is 6.54 Å². The fraction of sp³-hybridized carbons (Fsp3) is 0.857. The SMILES string of the molecule is Cn1c(CN2CCCCC2CCO)nnc1C1CC1. The molecular weight excluding hydrogens is 240 g/mol. The van der Waals surface area contributed by atoms with Crippen LogP contribution >= 0.6 is 0 Å². The maximum absolute atomic E-state index is 9.18. The minimum atomic E-state index is 0.285. The Kier molecular flexibility index (Phi) is 3.84. The highest BCUT2D eigenvalue weighted by molar-refractivity contribution is 5.07. The Morgan fingerprint density at radius 2 is 2.05 bits per heavy atom. The molecule has 1 N–H and O–H groups in total. The monoisotopic (exact) mass is 264 g/mol. The molecule has 19 heavy (non-hydrogen) atoms. The summed E-state index contributed by atoms with van der Waals surface area (Å²) < 4.78 is 2.18. The van der Waals surface area contributed by atoms with E-state index in [1.807, 2.05) is 0 Å². The molecule has 2 aliphatic rings. The van der Waals surface area contributed by atoms with Crippen LogP contribution in [0.3, 0.4) is 0 Å². The quantitative estimate of drug-likeness (QED) is 0.874. The van der Waals surface area contributed by atoms with Crippen LogP contribution in [0.1, 0.15) is 56.1 Å². The second-order valence-electron chi connectivity index (χ2n) is 5.94. The fourth-order valence-electron chi connectivity index (χ4n) is 3.14. The first-order valence-electron chi connectivity index (χ1n) is 7.52. The van der Waals surface area contributed by atoms with Crippen LogP contribution in [0.5, 0.6) is 0 Å². The van der Waals surface area contributed by atoms with Gasteiger partial charge in [-0.3, -0.25) is 4.90 Å². The van der Waals surface area contributed by atoms with E-state index < -0.39 is 0 Å². The summed E-state index contributed by atoms with van der Waals surface area (Å²) in [5.41, 5.74) is 0. The molecule has 1 atom stereocenters. The second kappa shape index (κ2) is 5.59.